The standard InChI is InChI=1S/C15H14N2O3S/c18-14(16-8-3-9-16)10-17-12-6-1-4-11-5-2-7-13(15(11)12)21(17,19)20/h1-2,4-7H,3,8-10H2. The Hall–Kier alpha value is -2.08. The second-order valence-electron chi connectivity index (χ2n) is 5.38. The SMILES string of the molecule is O=C(CN1c2cccc3cccc(c23)S1(=O)=O)N1CCC1. The molecule has 0 aromatic heterocycles. The van der Waals surface area contributed by atoms with Gasteiger partial charge in [0.1, 0.15) is 6.54 Å². The van der Waals surface area contributed by atoms with Crippen LogP contribution >= 0.6 is 0 Å². The van der Waals surface area contributed by atoms with Crippen molar-refractivity contribution in [2.75, 3.05) is 23.9 Å². The van der Waals surface area contributed by atoms with Crippen molar-refractivity contribution in [1.29, 1.82) is 0 Å². The summed E-state index contributed by atoms with van der Waals surface area (Å²) in [6.45, 7) is 1.34. The van der Waals surface area contributed by atoms with Crippen LogP contribution < -0.4 is 4.31 Å². The summed E-state index contributed by atoms with van der Waals surface area (Å²) in [5.41, 5.74) is 0.608. The molecule has 1 fully saturated rings. The normalized spacial score (nSPS) is 18.9. The van der Waals surface area contributed by atoms with E-state index in [0.717, 1.165) is 30.3 Å². The van der Waals surface area contributed by atoms with Crippen molar-refractivity contribution < 1.29 is 13.2 Å². The molecular weight excluding hydrogens is 288 g/mol. The zero-order valence-electron chi connectivity index (χ0n) is 11.3. The summed E-state index contributed by atoms with van der Waals surface area (Å²) in [6, 6.07) is 10.7. The Morgan fingerprint density at radius 1 is 1.10 bits per heavy atom. The zero-order chi connectivity index (χ0) is 14.6. The van der Waals surface area contributed by atoms with Crippen LogP contribution in [0.2, 0.25) is 0 Å². The minimum absolute atomic E-state index is 0.115. The van der Waals surface area contributed by atoms with E-state index >= 15 is 0 Å². The van der Waals surface area contributed by atoms with Crippen molar-refractivity contribution in [2.45, 2.75) is 11.3 Å². The number of carbonyl (C=O) groups is 1. The van der Waals surface area contributed by atoms with Crippen LogP contribution in [0.3, 0.4) is 0 Å². The number of hydrogen-bond donors (Lipinski definition) is 0. The fraction of sp³-hybridized carbons (Fsp3) is 0.267. The van der Waals surface area contributed by atoms with Crippen LogP contribution in [0.25, 0.3) is 10.8 Å². The van der Waals surface area contributed by atoms with Crippen molar-refractivity contribution in [3.8, 4) is 0 Å². The van der Waals surface area contributed by atoms with E-state index in [4.69, 9.17) is 0 Å². The summed E-state index contributed by atoms with van der Waals surface area (Å²) in [7, 11) is -3.63. The van der Waals surface area contributed by atoms with Gasteiger partial charge in [0, 0.05) is 18.5 Å². The lowest BCUT2D eigenvalue weighted by Gasteiger charge is -2.32. The average molecular weight is 302 g/mol. The van der Waals surface area contributed by atoms with Crippen LogP contribution in [0.4, 0.5) is 5.69 Å². The highest BCUT2D eigenvalue weighted by Gasteiger charge is 2.37. The first-order chi connectivity index (χ1) is 10.1. The predicted octanol–water partition coefficient (Wildman–Crippen LogP) is 1.58. The van der Waals surface area contributed by atoms with E-state index in [-0.39, 0.29) is 12.5 Å². The second-order valence-corrected chi connectivity index (χ2v) is 7.21. The quantitative estimate of drug-likeness (QED) is 0.846. The van der Waals surface area contributed by atoms with Crippen LogP contribution in [0, 0.1) is 0 Å². The highest BCUT2D eigenvalue weighted by atomic mass is 32.2. The fourth-order valence-corrected chi connectivity index (χ4v) is 4.58. The molecule has 2 aromatic rings. The molecule has 2 heterocycles. The molecule has 0 N–H and O–H groups in total. The molecular formula is C15H14N2O3S. The second kappa shape index (κ2) is 4.21. The maximum atomic E-state index is 12.7. The summed E-state index contributed by atoms with van der Waals surface area (Å²) in [4.78, 5) is 14.2. The van der Waals surface area contributed by atoms with Gasteiger partial charge in [-0.05, 0) is 23.9 Å². The zero-order valence-corrected chi connectivity index (χ0v) is 12.1. The number of sulfonamides is 1. The smallest absolute Gasteiger partial charge is 0.265 e. The maximum Gasteiger partial charge on any atom is 0.265 e. The van der Waals surface area contributed by atoms with Crippen molar-refractivity contribution in [3.05, 3.63) is 36.4 Å². The number of nitrogens with zero attached hydrogens (tertiary/aromatic N) is 2. The number of anilines is 1. The first-order valence-electron chi connectivity index (χ1n) is 6.91. The molecule has 0 bridgehead atoms. The molecule has 0 unspecified atom stereocenters. The lowest BCUT2D eigenvalue weighted by molar-refractivity contribution is -0.132. The largest absolute Gasteiger partial charge is 0.341 e. The van der Waals surface area contributed by atoms with Crippen molar-refractivity contribution in [3.63, 3.8) is 0 Å². The van der Waals surface area contributed by atoms with E-state index in [9.17, 15) is 13.2 Å². The monoisotopic (exact) mass is 302 g/mol. The third-order valence-electron chi connectivity index (χ3n) is 4.17. The van der Waals surface area contributed by atoms with Gasteiger partial charge in [-0.3, -0.25) is 9.10 Å². The highest BCUT2D eigenvalue weighted by Crippen LogP contribution is 2.41. The summed E-state index contributed by atoms with van der Waals surface area (Å²) in [5.74, 6) is -0.130. The lowest BCUT2D eigenvalue weighted by Crippen LogP contribution is -2.47. The minimum atomic E-state index is -3.63. The molecule has 1 amide bonds. The third kappa shape index (κ3) is 1.68. The number of hydrogen-bond acceptors (Lipinski definition) is 3. The Morgan fingerprint density at radius 2 is 1.81 bits per heavy atom. The molecule has 5 nitrogen and oxygen atoms in total. The molecule has 6 heteroatoms. The van der Waals surface area contributed by atoms with Crippen molar-refractivity contribution in [1.82, 2.24) is 4.90 Å². The summed E-state index contributed by atoms with van der Waals surface area (Å²) >= 11 is 0. The topological polar surface area (TPSA) is 57.7 Å². The molecule has 0 aliphatic carbocycles. The molecule has 0 saturated carbocycles. The lowest BCUT2D eigenvalue weighted by atomic mass is 10.1. The van der Waals surface area contributed by atoms with Crippen LogP contribution in [0.1, 0.15) is 6.42 Å². The Morgan fingerprint density at radius 3 is 2.48 bits per heavy atom. The molecule has 2 aliphatic rings. The fourth-order valence-electron chi connectivity index (χ4n) is 2.92. The summed E-state index contributed by atoms with van der Waals surface area (Å²) in [5, 5.41) is 1.60. The Bertz CT molecular complexity index is 851. The van der Waals surface area contributed by atoms with Crippen LogP contribution in [-0.4, -0.2) is 38.9 Å². The minimum Gasteiger partial charge on any atom is -0.341 e. The molecule has 21 heavy (non-hydrogen) atoms. The van der Waals surface area contributed by atoms with Gasteiger partial charge in [-0.25, -0.2) is 8.42 Å². The van der Waals surface area contributed by atoms with Crippen LogP contribution in [0.15, 0.2) is 41.3 Å². The van der Waals surface area contributed by atoms with E-state index < -0.39 is 10.0 Å². The molecule has 2 aromatic carbocycles. The molecule has 108 valence electrons. The van der Waals surface area contributed by atoms with E-state index in [1.54, 1.807) is 23.1 Å². The third-order valence-corrected chi connectivity index (χ3v) is 5.97. The summed E-state index contributed by atoms with van der Waals surface area (Å²) < 4.78 is 26.6. The molecule has 2 aliphatic heterocycles. The highest BCUT2D eigenvalue weighted by molar-refractivity contribution is 7.93. The van der Waals surface area contributed by atoms with Crippen LogP contribution in [0.5, 0.6) is 0 Å². The number of rotatable bonds is 2. The van der Waals surface area contributed by atoms with Gasteiger partial charge in [0.25, 0.3) is 10.0 Å². The maximum absolute atomic E-state index is 12.7. The molecule has 4 rings (SSSR count). The van der Waals surface area contributed by atoms with Gasteiger partial charge in [0.05, 0.1) is 10.6 Å². The molecule has 0 radical (unpaired) electrons. The van der Waals surface area contributed by atoms with Gasteiger partial charge in [-0.1, -0.05) is 24.3 Å². The van der Waals surface area contributed by atoms with E-state index in [2.05, 4.69) is 0 Å². The summed E-state index contributed by atoms with van der Waals surface area (Å²) in [6.07, 6.45) is 0.994. The van der Waals surface area contributed by atoms with E-state index in [1.807, 2.05) is 18.2 Å². The van der Waals surface area contributed by atoms with Gasteiger partial charge in [0.15, 0.2) is 0 Å². The first-order valence-corrected chi connectivity index (χ1v) is 8.35. The Kier molecular flexibility index (Phi) is 2.53. The van der Waals surface area contributed by atoms with Gasteiger partial charge < -0.3 is 4.90 Å². The Balaban J connectivity index is 1.83. The number of carbonyl (C=O) groups excluding carboxylic acids is 1. The molecule has 1 saturated heterocycles. The number of likely N-dealkylation sites (tertiary alicyclic amines) is 1. The van der Waals surface area contributed by atoms with Crippen molar-refractivity contribution >= 4 is 32.4 Å². The van der Waals surface area contributed by atoms with Gasteiger partial charge in [0.2, 0.25) is 5.91 Å². The van der Waals surface area contributed by atoms with Crippen molar-refractivity contribution in [2.24, 2.45) is 0 Å². The first kappa shape index (κ1) is 12.6. The van der Waals surface area contributed by atoms with Gasteiger partial charge in [-0.2, -0.15) is 0 Å². The molecule has 0 spiro atoms. The number of benzene rings is 2. The van der Waals surface area contributed by atoms with E-state index in [1.165, 1.54) is 4.31 Å². The van der Waals surface area contributed by atoms with E-state index in [0.29, 0.717) is 10.6 Å². The van der Waals surface area contributed by atoms with Crippen LogP contribution in [-0.2, 0) is 14.8 Å². The predicted molar refractivity (Wildman–Crippen MR) is 79.7 cm³/mol. The van der Waals surface area contributed by atoms with Gasteiger partial charge >= 0.3 is 0 Å². The Labute approximate surface area is 122 Å². The molecule has 0 atom stereocenters. The number of amides is 1. The average Bonchev–Trinajstić information content (AvgIpc) is 2.61. The van der Waals surface area contributed by atoms with Gasteiger partial charge in [-0.15, -0.1) is 0 Å².